The van der Waals surface area contributed by atoms with Gasteiger partial charge in [0.1, 0.15) is 17.1 Å². The number of hydrogen-bond donors (Lipinski definition) is 1. The van der Waals surface area contributed by atoms with Gasteiger partial charge in [-0.25, -0.2) is 23.7 Å². The number of aromatic nitrogens is 3. The molecule has 0 radical (unpaired) electrons. The van der Waals surface area contributed by atoms with Crippen LogP contribution in [0, 0.1) is 18.7 Å². The van der Waals surface area contributed by atoms with Gasteiger partial charge in [-0.15, -0.1) is 6.58 Å². The van der Waals surface area contributed by atoms with E-state index in [0.29, 0.717) is 23.1 Å². The van der Waals surface area contributed by atoms with Gasteiger partial charge in [0, 0.05) is 30.9 Å². The lowest BCUT2D eigenvalue weighted by Crippen LogP contribution is -2.28. The van der Waals surface area contributed by atoms with Gasteiger partial charge in [0.05, 0.1) is 11.7 Å². The number of hydrogen-bond acceptors (Lipinski definition) is 6. The molecule has 0 aliphatic rings. The molecule has 1 aromatic carbocycles. The maximum Gasteiger partial charge on any atom is 0.167 e. The number of allylic oxidation sites excluding steroid dienone is 2. The highest BCUT2D eigenvalue weighted by Gasteiger charge is 2.19. The van der Waals surface area contributed by atoms with Gasteiger partial charge in [-0.3, -0.25) is 9.89 Å². The van der Waals surface area contributed by atoms with Crippen LogP contribution in [0.3, 0.4) is 0 Å². The van der Waals surface area contributed by atoms with Crippen LogP contribution in [-0.2, 0) is 6.54 Å². The molecule has 2 aromatic heterocycles. The van der Waals surface area contributed by atoms with E-state index in [4.69, 9.17) is 0 Å². The van der Waals surface area contributed by atoms with Crippen LogP contribution < -0.4 is 5.73 Å². The minimum atomic E-state index is -0.729. The van der Waals surface area contributed by atoms with Crippen molar-refractivity contribution in [1.82, 2.24) is 19.4 Å². The summed E-state index contributed by atoms with van der Waals surface area (Å²) < 4.78 is 32.1. The maximum atomic E-state index is 15.1. The smallest absolute Gasteiger partial charge is 0.167 e. The summed E-state index contributed by atoms with van der Waals surface area (Å²) >= 11 is 0. The van der Waals surface area contributed by atoms with Gasteiger partial charge in [-0.1, -0.05) is 32.9 Å². The highest BCUT2D eigenvalue weighted by molar-refractivity contribution is 6.13. The molecule has 3 rings (SSSR count). The Morgan fingerprint density at radius 1 is 1.20 bits per heavy atom. The quantitative estimate of drug-likeness (QED) is 0.190. The average Bonchev–Trinajstić information content (AvgIpc) is 3.26. The van der Waals surface area contributed by atoms with Crippen LogP contribution in [0.25, 0.3) is 11.0 Å². The van der Waals surface area contributed by atoms with E-state index in [9.17, 15) is 0 Å². The summed E-state index contributed by atoms with van der Waals surface area (Å²) in [7, 11) is 1.50. The minimum Gasteiger partial charge on any atom is -0.333 e. The van der Waals surface area contributed by atoms with Gasteiger partial charge in [0.2, 0.25) is 0 Å². The summed E-state index contributed by atoms with van der Waals surface area (Å²) in [5.74, 6) is 0.304. The fourth-order valence-corrected chi connectivity index (χ4v) is 4.47. The van der Waals surface area contributed by atoms with Crippen molar-refractivity contribution < 1.29 is 8.78 Å². The summed E-state index contributed by atoms with van der Waals surface area (Å²) in [5, 5.41) is 0. The Hall–Kier alpha value is -3.56. The number of rotatable bonds is 11. The van der Waals surface area contributed by atoms with E-state index in [1.54, 1.807) is 24.4 Å². The zero-order chi connectivity index (χ0) is 31.1. The molecule has 0 fully saturated rings. The van der Waals surface area contributed by atoms with Crippen LogP contribution >= 0.6 is 0 Å². The standard InChI is InChI=1S/C28H36F2N6.C3H6.CH5N/c1-8-11-35(16-18(2)3)17-21-9-10-26(32-14-21)34-27(24(30)15-31-7)22-12-23(29)28-25(13-22)36(19(4)5)20(6)33-28;1-3-2;1-2/h9-10,12-15,18-19H,7-8,11,16-17H2,1-6H3;3H,1H2,2H3;2H2,1H3/b24-15+,34-27?;;. The van der Waals surface area contributed by atoms with Crippen LogP contribution in [0.4, 0.5) is 14.6 Å². The second kappa shape index (κ2) is 18.0. The van der Waals surface area contributed by atoms with Crippen molar-refractivity contribution in [2.45, 2.75) is 67.5 Å². The van der Waals surface area contributed by atoms with Crippen molar-refractivity contribution in [3.8, 4) is 0 Å². The Balaban J connectivity index is 0.00000157. The Labute approximate surface area is 244 Å². The Kier molecular flexibility index (Phi) is 15.6. The molecule has 41 heavy (non-hydrogen) atoms. The lowest BCUT2D eigenvalue weighted by Gasteiger charge is -2.23. The van der Waals surface area contributed by atoms with Gasteiger partial charge >= 0.3 is 0 Å². The van der Waals surface area contributed by atoms with Gasteiger partial charge in [0.25, 0.3) is 0 Å². The lowest BCUT2D eigenvalue weighted by molar-refractivity contribution is 0.236. The molecule has 2 N–H and O–H groups in total. The first-order valence-corrected chi connectivity index (χ1v) is 14.0. The number of benzene rings is 1. The number of aliphatic imine (C=N–C) groups is 2. The minimum absolute atomic E-state index is 0.0532. The van der Waals surface area contributed by atoms with Gasteiger partial charge in [-0.05, 0) is 84.1 Å². The van der Waals surface area contributed by atoms with Crippen LogP contribution in [0.15, 0.2) is 65.1 Å². The van der Waals surface area contributed by atoms with Crippen LogP contribution in [0.5, 0.6) is 0 Å². The van der Waals surface area contributed by atoms with Crippen molar-refractivity contribution in [3.63, 3.8) is 0 Å². The maximum absolute atomic E-state index is 15.1. The van der Waals surface area contributed by atoms with Crippen molar-refractivity contribution >= 4 is 29.3 Å². The third kappa shape index (κ3) is 10.4. The van der Waals surface area contributed by atoms with Gasteiger partial charge in [-0.2, -0.15) is 0 Å². The van der Waals surface area contributed by atoms with E-state index in [-0.39, 0.29) is 22.8 Å². The van der Waals surface area contributed by atoms with Crippen molar-refractivity contribution in [2.75, 3.05) is 20.1 Å². The highest BCUT2D eigenvalue weighted by Crippen LogP contribution is 2.27. The predicted molar refractivity (Wildman–Crippen MR) is 170 cm³/mol. The molecule has 224 valence electrons. The number of pyridine rings is 1. The number of halogens is 2. The third-order valence-electron chi connectivity index (χ3n) is 5.75. The summed E-state index contributed by atoms with van der Waals surface area (Å²) in [6, 6.07) is 6.70. The molecule has 0 bridgehead atoms. The van der Waals surface area contributed by atoms with Crippen LogP contribution in [0.1, 0.15) is 71.0 Å². The molecule has 0 atom stereocenters. The topological polar surface area (TPSA) is 84.7 Å². The average molecular weight is 568 g/mol. The molecule has 9 heteroatoms. The van der Waals surface area contributed by atoms with Gasteiger partial charge in [0.15, 0.2) is 17.5 Å². The third-order valence-corrected chi connectivity index (χ3v) is 5.75. The fourth-order valence-electron chi connectivity index (χ4n) is 4.47. The molecule has 0 unspecified atom stereocenters. The zero-order valence-corrected chi connectivity index (χ0v) is 26.0. The van der Waals surface area contributed by atoms with Crippen molar-refractivity contribution in [1.29, 1.82) is 0 Å². The summed E-state index contributed by atoms with van der Waals surface area (Å²) in [6.45, 7) is 23.8. The molecule has 2 heterocycles. The predicted octanol–water partition coefficient (Wildman–Crippen LogP) is 7.73. The summed E-state index contributed by atoms with van der Waals surface area (Å²) in [6.07, 6.45) is 5.55. The summed E-state index contributed by atoms with van der Waals surface area (Å²) in [5.41, 5.74) is 6.59. The first-order valence-electron chi connectivity index (χ1n) is 14.0. The molecule has 3 aromatic rings. The molecule has 0 aliphatic heterocycles. The van der Waals surface area contributed by atoms with E-state index < -0.39 is 11.6 Å². The second-order valence-electron chi connectivity index (χ2n) is 10.1. The van der Waals surface area contributed by atoms with Crippen molar-refractivity contribution in [3.05, 3.63) is 77.9 Å². The van der Waals surface area contributed by atoms with Crippen LogP contribution in [-0.4, -0.2) is 52.0 Å². The number of nitrogens with zero attached hydrogens (tertiary/aromatic N) is 6. The molecular weight excluding hydrogens is 520 g/mol. The fraction of sp³-hybridized carbons (Fsp3) is 0.438. The molecule has 0 saturated heterocycles. The molecule has 7 nitrogen and oxygen atoms in total. The summed E-state index contributed by atoms with van der Waals surface area (Å²) in [4.78, 5) is 19.2. The lowest BCUT2D eigenvalue weighted by atomic mass is 10.1. The van der Waals surface area contributed by atoms with Gasteiger partial charge < -0.3 is 10.3 Å². The number of imidazole rings is 1. The SMILES string of the molecule is C=CC.C=N/C=C(/F)C(=Nc1ccc(CN(CCC)CC(C)C)cn1)c1cc(F)c2nc(C)n(C(C)C)c2c1.CN. The van der Waals surface area contributed by atoms with E-state index in [1.165, 1.54) is 13.1 Å². The largest absolute Gasteiger partial charge is 0.333 e. The number of nitrogens with two attached hydrogens (primary N) is 1. The molecule has 0 aliphatic carbocycles. The van der Waals surface area contributed by atoms with E-state index in [1.807, 2.05) is 38.3 Å². The van der Waals surface area contributed by atoms with E-state index >= 15 is 8.78 Å². The molecule has 0 amide bonds. The number of aryl methyl sites for hydroxylation is 1. The molecule has 0 spiro atoms. The Bertz CT molecular complexity index is 1310. The Morgan fingerprint density at radius 2 is 1.85 bits per heavy atom. The number of fused-ring (bicyclic) bond motifs is 1. The van der Waals surface area contributed by atoms with E-state index in [2.05, 4.69) is 64.7 Å². The molecule has 0 saturated carbocycles. The highest BCUT2D eigenvalue weighted by atomic mass is 19.1. The second-order valence-corrected chi connectivity index (χ2v) is 10.1. The zero-order valence-electron chi connectivity index (χ0n) is 26.0. The Morgan fingerprint density at radius 3 is 2.37 bits per heavy atom. The molecular formula is C32H47F2N7. The normalized spacial score (nSPS) is 11.9. The first kappa shape index (κ1) is 35.5. The van der Waals surface area contributed by atoms with E-state index in [0.717, 1.165) is 37.8 Å². The first-order chi connectivity index (χ1) is 19.6. The van der Waals surface area contributed by atoms with Crippen molar-refractivity contribution in [2.24, 2.45) is 21.6 Å². The van der Waals surface area contributed by atoms with Crippen LogP contribution in [0.2, 0.25) is 0 Å². The monoisotopic (exact) mass is 567 g/mol.